The minimum absolute atomic E-state index is 0.308. The first kappa shape index (κ1) is 19.9. The standard InChI is InChI=1S/C18H25NO5/c1-2-3-4-5-6-7-17(22)24-16-10-8-14(9-11-16)18(23)19-15(12-20)13-21/h3-4,8-11,15,20-21H,2,5-7,12-13H2,1H3,(H,19,23)/b4-3-. The van der Waals surface area contributed by atoms with E-state index in [1.807, 2.05) is 6.08 Å². The van der Waals surface area contributed by atoms with Crippen LogP contribution in [0.4, 0.5) is 0 Å². The van der Waals surface area contributed by atoms with Crippen molar-refractivity contribution in [3.05, 3.63) is 42.0 Å². The number of allylic oxidation sites excluding steroid dienone is 2. The highest BCUT2D eigenvalue weighted by atomic mass is 16.5. The molecular formula is C18H25NO5. The number of amides is 1. The second-order valence-corrected chi connectivity index (χ2v) is 5.31. The average molecular weight is 335 g/mol. The molecular weight excluding hydrogens is 310 g/mol. The Balaban J connectivity index is 2.45. The molecule has 0 fully saturated rings. The lowest BCUT2D eigenvalue weighted by Crippen LogP contribution is -2.40. The van der Waals surface area contributed by atoms with Crippen molar-refractivity contribution in [3.8, 4) is 5.75 Å². The lowest BCUT2D eigenvalue weighted by Gasteiger charge is -2.13. The Morgan fingerprint density at radius 2 is 1.83 bits per heavy atom. The van der Waals surface area contributed by atoms with Crippen LogP contribution in [0.1, 0.15) is 43.0 Å². The molecule has 1 amide bonds. The molecule has 0 unspecified atom stereocenters. The van der Waals surface area contributed by atoms with Crippen LogP contribution >= 0.6 is 0 Å². The molecule has 0 heterocycles. The molecule has 3 N–H and O–H groups in total. The molecule has 1 aromatic carbocycles. The third kappa shape index (κ3) is 7.39. The fourth-order valence-electron chi connectivity index (χ4n) is 1.92. The quantitative estimate of drug-likeness (QED) is 0.262. The number of carbonyl (C=O) groups is 2. The van der Waals surface area contributed by atoms with Gasteiger partial charge in [0.05, 0.1) is 19.3 Å². The number of hydrogen-bond acceptors (Lipinski definition) is 5. The van der Waals surface area contributed by atoms with Crippen molar-refractivity contribution in [1.82, 2.24) is 5.32 Å². The number of aliphatic hydroxyl groups is 2. The van der Waals surface area contributed by atoms with Gasteiger partial charge in [-0.2, -0.15) is 0 Å². The Hall–Kier alpha value is -2.18. The molecule has 0 bridgehead atoms. The van der Waals surface area contributed by atoms with E-state index < -0.39 is 11.9 Å². The summed E-state index contributed by atoms with van der Waals surface area (Å²) in [4.78, 5) is 23.6. The Bertz CT molecular complexity index is 535. The van der Waals surface area contributed by atoms with Crippen molar-refractivity contribution in [1.29, 1.82) is 0 Å². The van der Waals surface area contributed by atoms with E-state index in [1.165, 1.54) is 24.3 Å². The van der Waals surface area contributed by atoms with Gasteiger partial charge in [-0.1, -0.05) is 19.1 Å². The molecule has 0 aromatic heterocycles. The summed E-state index contributed by atoms with van der Waals surface area (Å²) < 4.78 is 5.20. The summed E-state index contributed by atoms with van der Waals surface area (Å²) in [6.45, 7) is 1.37. The second-order valence-electron chi connectivity index (χ2n) is 5.31. The number of nitrogens with one attached hydrogen (secondary N) is 1. The zero-order valence-electron chi connectivity index (χ0n) is 13.9. The Labute approximate surface area is 142 Å². The molecule has 132 valence electrons. The van der Waals surface area contributed by atoms with Gasteiger partial charge in [0.25, 0.3) is 5.91 Å². The molecule has 6 heteroatoms. The van der Waals surface area contributed by atoms with Gasteiger partial charge < -0.3 is 20.3 Å². The third-order valence-electron chi connectivity index (χ3n) is 3.28. The zero-order valence-corrected chi connectivity index (χ0v) is 13.9. The van der Waals surface area contributed by atoms with Crippen LogP contribution in [-0.4, -0.2) is 41.3 Å². The van der Waals surface area contributed by atoms with Crippen LogP contribution in [0.5, 0.6) is 5.75 Å². The van der Waals surface area contributed by atoms with Gasteiger partial charge in [0.2, 0.25) is 0 Å². The van der Waals surface area contributed by atoms with E-state index >= 15 is 0 Å². The minimum Gasteiger partial charge on any atom is -0.427 e. The molecule has 0 atom stereocenters. The summed E-state index contributed by atoms with van der Waals surface area (Å²) in [6.07, 6.45) is 7.02. The first-order chi connectivity index (χ1) is 11.6. The minimum atomic E-state index is -0.697. The lowest BCUT2D eigenvalue weighted by atomic mass is 10.2. The van der Waals surface area contributed by atoms with E-state index in [-0.39, 0.29) is 19.2 Å². The van der Waals surface area contributed by atoms with Crippen LogP contribution in [0.15, 0.2) is 36.4 Å². The second kappa shape index (κ2) is 11.4. The average Bonchev–Trinajstić information content (AvgIpc) is 2.60. The van der Waals surface area contributed by atoms with Gasteiger partial charge in [-0.05, 0) is 43.5 Å². The van der Waals surface area contributed by atoms with E-state index in [9.17, 15) is 9.59 Å². The first-order valence-corrected chi connectivity index (χ1v) is 8.09. The molecule has 1 aromatic rings. The van der Waals surface area contributed by atoms with Crippen LogP contribution in [0.3, 0.4) is 0 Å². The molecule has 0 saturated heterocycles. The molecule has 1 rings (SSSR count). The first-order valence-electron chi connectivity index (χ1n) is 8.09. The summed E-state index contributed by atoms with van der Waals surface area (Å²) in [7, 11) is 0. The van der Waals surface area contributed by atoms with Crippen molar-refractivity contribution < 1.29 is 24.5 Å². The van der Waals surface area contributed by atoms with E-state index in [2.05, 4.69) is 18.3 Å². The summed E-state index contributed by atoms with van der Waals surface area (Å²) >= 11 is 0. The fraction of sp³-hybridized carbons (Fsp3) is 0.444. The molecule has 24 heavy (non-hydrogen) atoms. The predicted octanol–water partition coefficient (Wildman–Crippen LogP) is 1.81. The van der Waals surface area contributed by atoms with Crippen LogP contribution in [-0.2, 0) is 4.79 Å². The van der Waals surface area contributed by atoms with Crippen LogP contribution in [0.25, 0.3) is 0 Å². The number of unbranched alkanes of at least 4 members (excludes halogenated alkanes) is 1. The topological polar surface area (TPSA) is 95.9 Å². The summed E-state index contributed by atoms with van der Waals surface area (Å²) in [5.41, 5.74) is 0.353. The van der Waals surface area contributed by atoms with Gasteiger partial charge in [0, 0.05) is 12.0 Å². The highest BCUT2D eigenvalue weighted by Gasteiger charge is 2.12. The smallest absolute Gasteiger partial charge is 0.311 e. The zero-order chi connectivity index (χ0) is 17.8. The molecule has 6 nitrogen and oxygen atoms in total. The maximum Gasteiger partial charge on any atom is 0.311 e. The van der Waals surface area contributed by atoms with Crippen molar-refractivity contribution in [3.63, 3.8) is 0 Å². The number of hydrogen-bond donors (Lipinski definition) is 3. The molecule has 0 spiro atoms. The highest BCUT2D eigenvalue weighted by molar-refractivity contribution is 5.94. The normalized spacial score (nSPS) is 11.0. The number of ether oxygens (including phenoxy) is 1. The molecule has 0 radical (unpaired) electrons. The van der Waals surface area contributed by atoms with Gasteiger partial charge in [0.15, 0.2) is 0 Å². The van der Waals surface area contributed by atoms with Crippen LogP contribution < -0.4 is 10.1 Å². The van der Waals surface area contributed by atoms with Gasteiger partial charge in [0.1, 0.15) is 5.75 Å². The Morgan fingerprint density at radius 3 is 2.42 bits per heavy atom. The van der Waals surface area contributed by atoms with Crippen molar-refractivity contribution in [2.24, 2.45) is 0 Å². The number of rotatable bonds is 10. The predicted molar refractivity (Wildman–Crippen MR) is 90.8 cm³/mol. The lowest BCUT2D eigenvalue weighted by molar-refractivity contribution is -0.134. The van der Waals surface area contributed by atoms with Gasteiger partial charge in [-0.15, -0.1) is 0 Å². The van der Waals surface area contributed by atoms with Gasteiger partial charge >= 0.3 is 5.97 Å². The van der Waals surface area contributed by atoms with Gasteiger partial charge in [-0.3, -0.25) is 9.59 Å². The van der Waals surface area contributed by atoms with Crippen molar-refractivity contribution >= 4 is 11.9 Å². The number of esters is 1. The number of carbonyl (C=O) groups excluding carboxylic acids is 2. The molecule has 0 aliphatic rings. The highest BCUT2D eigenvalue weighted by Crippen LogP contribution is 2.14. The maximum absolute atomic E-state index is 11.9. The Morgan fingerprint density at radius 1 is 1.17 bits per heavy atom. The summed E-state index contributed by atoms with van der Waals surface area (Å²) in [6, 6.07) is 5.42. The summed E-state index contributed by atoms with van der Waals surface area (Å²) in [5, 5.41) is 20.4. The maximum atomic E-state index is 11.9. The largest absolute Gasteiger partial charge is 0.427 e. The molecule has 0 aliphatic carbocycles. The van der Waals surface area contributed by atoms with Crippen LogP contribution in [0.2, 0.25) is 0 Å². The molecule has 0 saturated carbocycles. The SMILES string of the molecule is CC/C=C\CCCC(=O)Oc1ccc(C(=O)NC(CO)CO)cc1. The Kier molecular flexibility index (Phi) is 9.41. The number of benzene rings is 1. The van der Waals surface area contributed by atoms with E-state index in [0.29, 0.717) is 17.7 Å². The van der Waals surface area contributed by atoms with E-state index in [1.54, 1.807) is 0 Å². The van der Waals surface area contributed by atoms with Gasteiger partial charge in [-0.25, -0.2) is 0 Å². The van der Waals surface area contributed by atoms with Crippen molar-refractivity contribution in [2.75, 3.05) is 13.2 Å². The summed E-state index contributed by atoms with van der Waals surface area (Å²) in [5.74, 6) is -0.345. The van der Waals surface area contributed by atoms with Crippen molar-refractivity contribution in [2.45, 2.75) is 38.6 Å². The number of aliphatic hydroxyl groups excluding tert-OH is 2. The van der Waals surface area contributed by atoms with Crippen LogP contribution in [0, 0.1) is 0 Å². The van der Waals surface area contributed by atoms with E-state index in [4.69, 9.17) is 14.9 Å². The van der Waals surface area contributed by atoms with E-state index in [0.717, 1.165) is 19.3 Å². The third-order valence-corrected chi connectivity index (χ3v) is 3.28. The fourth-order valence-corrected chi connectivity index (χ4v) is 1.92. The monoisotopic (exact) mass is 335 g/mol. The molecule has 0 aliphatic heterocycles.